The molecule has 41 valence electrons. The predicted octanol–water partition coefficient (Wildman–Crippen LogP) is 1.14. The summed E-state index contributed by atoms with van der Waals surface area (Å²) in [5.74, 6) is -0.431. The largest absolute Gasteiger partial charge is 0.296 e. The molecule has 0 aromatic rings. The monoisotopic (exact) mass is 103 g/mol. The first-order chi connectivity index (χ1) is 3.18. The number of halogens is 1. The summed E-state index contributed by atoms with van der Waals surface area (Å²) in [6.07, 6.45) is -1.28. The highest BCUT2D eigenvalue weighted by molar-refractivity contribution is 5.83. The summed E-state index contributed by atoms with van der Waals surface area (Å²) in [6, 6.07) is 0. The topological polar surface area (TPSA) is 17.1 Å². The smallest absolute Gasteiger partial charge is 0.166 e. The number of alkyl halides is 1. The average molecular weight is 103 g/mol. The normalized spacial score (nSPS) is 13.6. The Hall–Kier alpha value is -0.400. The van der Waals surface area contributed by atoms with Crippen LogP contribution in [-0.4, -0.2) is 12.0 Å². The van der Waals surface area contributed by atoms with Crippen LogP contribution >= 0.6 is 0 Å². The highest BCUT2D eigenvalue weighted by Crippen LogP contribution is 1.91. The predicted molar refractivity (Wildman–Crippen MR) is 25.6 cm³/mol. The van der Waals surface area contributed by atoms with E-state index in [2.05, 4.69) is 6.92 Å². The van der Waals surface area contributed by atoms with E-state index in [1.807, 2.05) is 0 Å². The molecule has 0 bridgehead atoms. The molecule has 7 heavy (non-hydrogen) atoms. The van der Waals surface area contributed by atoms with E-state index in [0.717, 1.165) is 0 Å². The molecule has 0 rings (SSSR count). The maximum atomic E-state index is 11.6. The molecule has 1 atom stereocenters. The lowest BCUT2D eigenvalue weighted by atomic mass is 10.2. The lowest BCUT2D eigenvalue weighted by Gasteiger charge is -1.91. The van der Waals surface area contributed by atoms with Crippen molar-refractivity contribution in [1.29, 1.82) is 0 Å². The standard InChI is InChI=1S/C5H8FO/c1-3-5(7)4(2)6/h4H,2-3H2,1H3. The van der Waals surface area contributed by atoms with Crippen molar-refractivity contribution in [3.05, 3.63) is 6.92 Å². The van der Waals surface area contributed by atoms with Gasteiger partial charge < -0.3 is 0 Å². The van der Waals surface area contributed by atoms with E-state index >= 15 is 0 Å². The number of hydrogen-bond donors (Lipinski definition) is 0. The van der Waals surface area contributed by atoms with Crippen LogP contribution in [0.3, 0.4) is 0 Å². The highest BCUT2D eigenvalue weighted by atomic mass is 19.1. The van der Waals surface area contributed by atoms with E-state index in [1.165, 1.54) is 0 Å². The minimum Gasteiger partial charge on any atom is -0.296 e. The van der Waals surface area contributed by atoms with E-state index in [4.69, 9.17) is 0 Å². The van der Waals surface area contributed by atoms with E-state index < -0.39 is 12.0 Å². The van der Waals surface area contributed by atoms with Gasteiger partial charge in [0.15, 0.2) is 12.0 Å². The van der Waals surface area contributed by atoms with Gasteiger partial charge in [0.25, 0.3) is 0 Å². The number of carbonyl (C=O) groups excluding carboxylic acids is 1. The number of ketones is 1. The van der Waals surface area contributed by atoms with Crippen molar-refractivity contribution in [2.24, 2.45) is 0 Å². The van der Waals surface area contributed by atoms with Gasteiger partial charge in [-0.1, -0.05) is 6.92 Å². The minimum absolute atomic E-state index is 0.241. The molecule has 0 amide bonds. The molecule has 1 unspecified atom stereocenters. The summed E-state index contributed by atoms with van der Waals surface area (Å²) in [7, 11) is 0. The lowest BCUT2D eigenvalue weighted by molar-refractivity contribution is -0.122. The van der Waals surface area contributed by atoms with Gasteiger partial charge >= 0.3 is 0 Å². The Morgan fingerprint density at radius 1 is 2.00 bits per heavy atom. The highest BCUT2D eigenvalue weighted by Gasteiger charge is 2.05. The Bertz CT molecular complexity index is 68.5. The van der Waals surface area contributed by atoms with Crippen LogP contribution < -0.4 is 0 Å². The third-order valence-electron chi connectivity index (χ3n) is 0.698. The first kappa shape index (κ1) is 6.60. The molecule has 0 fully saturated rings. The number of carbonyl (C=O) groups is 1. The third kappa shape index (κ3) is 2.31. The van der Waals surface area contributed by atoms with Crippen molar-refractivity contribution in [3.63, 3.8) is 0 Å². The van der Waals surface area contributed by atoms with Crippen molar-refractivity contribution in [2.45, 2.75) is 19.5 Å². The van der Waals surface area contributed by atoms with Gasteiger partial charge in [0.05, 0.1) is 0 Å². The Morgan fingerprint density at radius 2 is 2.43 bits per heavy atom. The van der Waals surface area contributed by atoms with Crippen molar-refractivity contribution in [3.8, 4) is 0 Å². The van der Waals surface area contributed by atoms with Crippen molar-refractivity contribution in [2.75, 3.05) is 0 Å². The lowest BCUT2D eigenvalue weighted by Crippen LogP contribution is -2.08. The molecular weight excluding hydrogens is 95.1 g/mol. The summed E-state index contributed by atoms with van der Waals surface area (Å²) >= 11 is 0. The molecule has 0 aliphatic heterocycles. The molecule has 0 saturated carbocycles. The summed E-state index contributed by atoms with van der Waals surface area (Å²) in [6.45, 7) is 4.50. The fourth-order valence-corrected chi connectivity index (χ4v) is 0.221. The Balaban J connectivity index is 3.35. The molecule has 0 spiro atoms. The number of Topliss-reactive ketones (excluding diaryl/α,β-unsaturated/α-hetero) is 1. The van der Waals surface area contributed by atoms with Crippen LogP contribution in [0.5, 0.6) is 0 Å². The average Bonchev–Trinajstić information content (AvgIpc) is 1.65. The summed E-state index contributed by atoms with van der Waals surface area (Å²) in [5, 5.41) is 0. The molecule has 0 aromatic heterocycles. The molecule has 2 heteroatoms. The number of rotatable bonds is 2. The third-order valence-corrected chi connectivity index (χ3v) is 0.698. The van der Waals surface area contributed by atoms with Gasteiger partial charge in [0.2, 0.25) is 0 Å². The van der Waals surface area contributed by atoms with E-state index in [9.17, 15) is 9.18 Å². The molecule has 0 heterocycles. The molecule has 1 radical (unpaired) electrons. The molecule has 0 N–H and O–H groups in total. The van der Waals surface area contributed by atoms with Crippen LogP contribution in [0.4, 0.5) is 4.39 Å². The van der Waals surface area contributed by atoms with Gasteiger partial charge in [-0.3, -0.25) is 4.79 Å². The van der Waals surface area contributed by atoms with Gasteiger partial charge in [-0.05, 0) is 6.92 Å². The van der Waals surface area contributed by atoms with Crippen molar-refractivity contribution < 1.29 is 9.18 Å². The van der Waals surface area contributed by atoms with Crippen LogP contribution in [0.2, 0.25) is 0 Å². The molecule has 0 aromatic carbocycles. The fraction of sp³-hybridized carbons (Fsp3) is 0.600. The van der Waals surface area contributed by atoms with Crippen molar-refractivity contribution >= 4 is 5.78 Å². The quantitative estimate of drug-likeness (QED) is 0.512. The van der Waals surface area contributed by atoms with Crippen molar-refractivity contribution in [1.82, 2.24) is 0 Å². The molecule has 0 aliphatic carbocycles. The van der Waals surface area contributed by atoms with Gasteiger partial charge in [-0.2, -0.15) is 0 Å². The SMILES string of the molecule is [CH2]C(F)C(=O)CC. The Kier molecular flexibility index (Phi) is 2.56. The maximum absolute atomic E-state index is 11.6. The molecule has 0 saturated heterocycles. The van der Waals surface area contributed by atoms with Crippen LogP contribution in [-0.2, 0) is 4.79 Å². The summed E-state index contributed by atoms with van der Waals surface area (Å²) < 4.78 is 11.6. The zero-order valence-corrected chi connectivity index (χ0v) is 4.28. The fourth-order valence-electron chi connectivity index (χ4n) is 0.221. The first-order valence-corrected chi connectivity index (χ1v) is 2.18. The number of hydrogen-bond acceptors (Lipinski definition) is 1. The van der Waals surface area contributed by atoms with Crippen LogP contribution in [0.15, 0.2) is 0 Å². The van der Waals surface area contributed by atoms with Crippen LogP contribution in [0.25, 0.3) is 0 Å². The second-order valence-electron chi connectivity index (χ2n) is 1.29. The zero-order chi connectivity index (χ0) is 5.86. The first-order valence-electron chi connectivity index (χ1n) is 2.18. The van der Waals surface area contributed by atoms with E-state index in [0.29, 0.717) is 0 Å². The van der Waals surface area contributed by atoms with E-state index in [1.54, 1.807) is 6.92 Å². The summed E-state index contributed by atoms with van der Waals surface area (Å²) in [5.41, 5.74) is 0. The van der Waals surface area contributed by atoms with Crippen LogP contribution in [0, 0.1) is 6.92 Å². The van der Waals surface area contributed by atoms with Gasteiger partial charge in [0.1, 0.15) is 0 Å². The summed E-state index contributed by atoms with van der Waals surface area (Å²) in [4.78, 5) is 10.1. The van der Waals surface area contributed by atoms with Gasteiger partial charge in [-0.15, -0.1) is 0 Å². The molecule has 1 nitrogen and oxygen atoms in total. The second kappa shape index (κ2) is 2.72. The van der Waals surface area contributed by atoms with Gasteiger partial charge in [-0.25, -0.2) is 4.39 Å². The Labute approximate surface area is 42.5 Å². The Morgan fingerprint density at radius 3 is 2.43 bits per heavy atom. The maximum Gasteiger partial charge on any atom is 0.166 e. The molecule has 0 aliphatic rings. The molecular formula is C5H8FO. The van der Waals surface area contributed by atoms with Crippen LogP contribution in [0.1, 0.15) is 13.3 Å². The minimum atomic E-state index is -1.52. The zero-order valence-electron chi connectivity index (χ0n) is 4.28. The second-order valence-corrected chi connectivity index (χ2v) is 1.29. The van der Waals surface area contributed by atoms with E-state index in [-0.39, 0.29) is 6.42 Å². The van der Waals surface area contributed by atoms with Gasteiger partial charge in [0, 0.05) is 6.42 Å².